The third-order valence-electron chi connectivity index (χ3n) is 4.11. The molecule has 0 bridgehead atoms. The van der Waals surface area contributed by atoms with Crippen LogP contribution in [-0.4, -0.2) is 18.5 Å². The molecule has 27 heavy (non-hydrogen) atoms. The molecule has 3 rings (SSSR count). The Morgan fingerprint density at radius 3 is 2.26 bits per heavy atom. The van der Waals surface area contributed by atoms with Gasteiger partial charge in [0.25, 0.3) is 5.91 Å². The highest BCUT2D eigenvalue weighted by Gasteiger charge is 2.18. The quantitative estimate of drug-likeness (QED) is 0.543. The van der Waals surface area contributed by atoms with E-state index in [1.165, 1.54) is 0 Å². The Labute approximate surface area is 163 Å². The fourth-order valence-electron chi connectivity index (χ4n) is 2.67. The second-order valence-corrected chi connectivity index (χ2v) is 6.87. The molecule has 0 fully saturated rings. The molecule has 0 aliphatic rings. The molecule has 0 aliphatic carbocycles. The first kappa shape index (κ1) is 18.9. The van der Waals surface area contributed by atoms with Gasteiger partial charge in [-0.2, -0.15) is 11.3 Å². The number of para-hydroxylation sites is 1. The molecule has 0 spiro atoms. The van der Waals surface area contributed by atoms with E-state index in [1.807, 2.05) is 77.5 Å². The molecule has 0 N–H and O–H groups in total. The van der Waals surface area contributed by atoms with Crippen LogP contribution in [0.4, 0.5) is 5.69 Å². The number of esters is 1. The van der Waals surface area contributed by atoms with Crippen molar-refractivity contribution in [3.63, 3.8) is 0 Å². The van der Waals surface area contributed by atoms with Crippen LogP contribution in [0.5, 0.6) is 0 Å². The van der Waals surface area contributed by atoms with E-state index in [4.69, 9.17) is 4.74 Å². The number of carbonyl (C=O) groups is 2. The molecule has 4 nitrogen and oxygen atoms in total. The van der Waals surface area contributed by atoms with Gasteiger partial charge in [-0.3, -0.25) is 9.59 Å². The SMILES string of the molecule is O=C(CCc1ccsc1)OCC(=O)N(Cc1ccccc1)c1ccccc1. The van der Waals surface area contributed by atoms with Gasteiger partial charge >= 0.3 is 5.97 Å². The number of nitrogens with zero attached hydrogens (tertiary/aromatic N) is 1. The van der Waals surface area contributed by atoms with Crippen molar-refractivity contribution in [1.82, 2.24) is 0 Å². The highest BCUT2D eigenvalue weighted by atomic mass is 32.1. The Morgan fingerprint density at radius 1 is 0.889 bits per heavy atom. The molecule has 1 aromatic heterocycles. The molecule has 0 unspecified atom stereocenters. The molecule has 0 saturated carbocycles. The summed E-state index contributed by atoms with van der Waals surface area (Å²) >= 11 is 1.60. The summed E-state index contributed by atoms with van der Waals surface area (Å²) in [6.45, 7) is 0.167. The molecule has 1 amide bonds. The molecule has 1 heterocycles. The summed E-state index contributed by atoms with van der Waals surface area (Å²) in [5, 5.41) is 3.99. The smallest absolute Gasteiger partial charge is 0.306 e. The number of hydrogen-bond acceptors (Lipinski definition) is 4. The van der Waals surface area contributed by atoms with E-state index >= 15 is 0 Å². The maximum Gasteiger partial charge on any atom is 0.306 e. The molecular formula is C22H21NO3S. The lowest BCUT2D eigenvalue weighted by Gasteiger charge is -2.23. The van der Waals surface area contributed by atoms with Gasteiger partial charge in [0.1, 0.15) is 0 Å². The number of hydrogen-bond donors (Lipinski definition) is 0. The van der Waals surface area contributed by atoms with E-state index in [2.05, 4.69) is 0 Å². The summed E-state index contributed by atoms with van der Waals surface area (Å²) in [4.78, 5) is 26.3. The van der Waals surface area contributed by atoms with Gasteiger partial charge in [0.05, 0.1) is 6.54 Å². The van der Waals surface area contributed by atoms with Crippen molar-refractivity contribution in [2.45, 2.75) is 19.4 Å². The van der Waals surface area contributed by atoms with Gasteiger partial charge in [-0.05, 0) is 46.5 Å². The third kappa shape index (κ3) is 5.79. The summed E-state index contributed by atoms with van der Waals surface area (Å²) in [5.74, 6) is -0.601. The molecule has 0 atom stereocenters. The first-order chi connectivity index (χ1) is 13.2. The normalized spacial score (nSPS) is 10.4. The van der Waals surface area contributed by atoms with Crippen LogP contribution in [0.2, 0.25) is 0 Å². The predicted octanol–water partition coefficient (Wildman–Crippen LogP) is 4.46. The lowest BCUT2D eigenvalue weighted by molar-refractivity contribution is -0.147. The minimum Gasteiger partial charge on any atom is -0.456 e. The summed E-state index contributed by atoms with van der Waals surface area (Å²) in [7, 11) is 0. The Morgan fingerprint density at radius 2 is 1.59 bits per heavy atom. The third-order valence-corrected chi connectivity index (χ3v) is 4.84. The zero-order valence-electron chi connectivity index (χ0n) is 14.9. The van der Waals surface area contributed by atoms with Crippen molar-refractivity contribution in [3.05, 3.63) is 88.6 Å². The average Bonchev–Trinajstić information content (AvgIpc) is 3.24. The molecule has 0 radical (unpaired) electrons. The van der Waals surface area contributed by atoms with Crippen LogP contribution in [0.3, 0.4) is 0 Å². The number of rotatable bonds is 8. The van der Waals surface area contributed by atoms with Crippen molar-refractivity contribution in [1.29, 1.82) is 0 Å². The first-order valence-corrected chi connectivity index (χ1v) is 9.72. The van der Waals surface area contributed by atoms with Crippen LogP contribution >= 0.6 is 11.3 Å². The maximum absolute atomic E-state index is 12.7. The monoisotopic (exact) mass is 379 g/mol. The zero-order valence-corrected chi connectivity index (χ0v) is 15.7. The molecule has 138 valence electrons. The molecule has 0 aliphatic heterocycles. The Hall–Kier alpha value is -2.92. The number of aryl methyl sites for hydroxylation is 1. The van der Waals surface area contributed by atoms with Gasteiger partial charge in [-0.25, -0.2) is 0 Å². The molecule has 0 saturated heterocycles. The molecule has 5 heteroatoms. The van der Waals surface area contributed by atoms with E-state index < -0.39 is 0 Å². The Kier molecular flexibility index (Phi) is 6.77. The minimum absolute atomic E-state index is 0.242. The van der Waals surface area contributed by atoms with Gasteiger partial charge in [-0.15, -0.1) is 0 Å². The van der Waals surface area contributed by atoms with Gasteiger partial charge < -0.3 is 9.64 Å². The summed E-state index contributed by atoms with van der Waals surface area (Å²) < 4.78 is 5.22. The lowest BCUT2D eigenvalue weighted by atomic mass is 10.2. The highest BCUT2D eigenvalue weighted by Crippen LogP contribution is 2.17. The molecular weight excluding hydrogens is 358 g/mol. The Bertz CT molecular complexity index is 848. The fourth-order valence-corrected chi connectivity index (χ4v) is 3.37. The fraction of sp³-hybridized carbons (Fsp3) is 0.182. The second-order valence-electron chi connectivity index (χ2n) is 6.09. The van der Waals surface area contributed by atoms with Crippen molar-refractivity contribution in [2.75, 3.05) is 11.5 Å². The molecule has 2 aromatic carbocycles. The number of anilines is 1. The summed E-state index contributed by atoms with van der Waals surface area (Å²) in [6, 6.07) is 21.2. The summed E-state index contributed by atoms with van der Waals surface area (Å²) in [6.07, 6.45) is 0.900. The van der Waals surface area contributed by atoms with E-state index in [0.29, 0.717) is 13.0 Å². The standard InChI is InChI=1S/C22H21NO3S/c24-21(16-26-22(25)12-11-19-13-14-27-17-19)23(20-9-5-2-6-10-20)15-18-7-3-1-4-8-18/h1-10,13-14,17H,11-12,15-16H2. The highest BCUT2D eigenvalue weighted by molar-refractivity contribution is 7.07. The van der Waals surface area contributed by atoms with E-state index in [9.17, 15) is 9.59 Å². The predicted molar refractivity (Wildman–Crippen MR) is 108 cm³/mol. The van der Waals surface area contributed by atoms with Crippen molar-refractivity contribution in [2.24, 2.45) is 0 Å². The van der Waals surface area contributed by atoms with Crippen LogP contribution in [0, 0.1) is 0 Å². The minimum atomic E-state index is -0.359. The largest absolute Gasteiger partial charge is 0.456 e. The van der Waals surface area contributed by atoms with E-state index in [1.54, 1.807) is 16.2 Å². The van der Waals surface area contributed by atoms with Crippen LogP contribution in [-0.2, 0) is 27.3 Å². The van der Waals surface area contributed by atoms with Gasteiger partial charge in [-0.1, -0.05) is 48.5 Å². The van der Waals surface area contributed by atoms with E-state index in [0.717, 1.165) is 16.8 Å². The van der Waals surface area contributed by atoms with Crippen LogP contribution in [0.1, 0.15) is 17.5 Å². The van der Waals surface area contributed by atoms with Gasteiger partial charge in [0, 0.05) is 12.1 Å². The van der Waals surface area contributed by atoms with Crippen LogP contribution in [0.25, 0.3) is 0 Å². The maximum atomic E-state index is 12.7. The Balaban J connectivity index is 1.59. The van der Waals surface area contributed by atoms with Gasteiger partial charge in [0.2, 0.25) is 0 Å². The van der Waals surface area contributed by atoms with Crippen LogP contribution in [0.15, 0.2) is 77.5 Å². The zero-order chi connectivity index (χ0) is 18.9. The summed E-state index contributed by atoms with van der Waals surface area (Å²) in [5.41, 5.74) is 2.90. The average molecular weight is 379 g/mol. The number of thiophene rings is 1. The van der Waals surface area contributed by atoms with Crippen molar-refractivity contribution >= 4 is 28.9 Å². The number of benzene rings is 2. The topological polar surface area (TPSA) is 46.6 Å². The van der Waals surface area contributed by atoms with Crippen LogP contribution < -0.4 is 4.90 Å². The number of ether oxygens (including phenoxy) is 1. The van der Waals surface area contributed by atoms with Gasteiger partial charge in [0.15, 0.2) is 6.61 Å². The second kappa shape index (κ2) is 9.69. The lowest BCUT2D eigenvalue weighted by Crippen LogP contribution is -2.34. The number of carbonyl (C=O) groups excluding carboxylic acids is 2. The number of amides is 1. The first-order valence-electron chi connectivity index (χ1n) is 8.78. The van der Waals surface area contributed by atoms with Crippen molar-refractivity contribution in [3.8, 4) is 0 Å². The van der Waals surface area contributed by atoms with E-state index in [-0.39, 0.29) is 24.9 Å². The van der Waals surface area contributed by atoms with Crippen molar-refractivity contribution < 1.29 is 14.3 Å². The molecule has 3 aromatic rings.